The van der Waals surface area contributed by atoms with E-state index < -0.39 is 0 Å². The van der Waals surface area contributed by atoms with Gasteiger partial charge in [0.25, 0.3) is 0 Å². The van der Waals surface area contributed by atoms with Crippen LogP contribution < -0.4 is 4.90 Å². The first kappa shape index (κ1) is 35.5. The first-order valence-corrected chi connectivity index (χ1v) is 20.5. The summed E-state index contributed by atoms with van der Waals surface area (Å²) in [5.74, 6) is 0.806. The number of nitrogens with zero attached hydrogens (tertiary/aromatic N) is 1. The van der Waals surface area contributed by atoms with Crippen LogP contribution >= 0.6 is 0 Å². The smallest absolute Gasteiger partial charge is 0.0467 e. The molecule has 0 saturated heterocycles. The van der Waals surface area contributed by atoms with Gasteiger partial charge in [0.05, 0.1) is 0 Å². The van der Waals surface area contributed by atoms with Crippen LogP contribution in [-0.2, 0) is 6.42 Å². The molecule has 1 atom stereocenters. The van der Waals surface area contributed by atoms with Crippen molar-refractivity contribution in [2.75, 3.05) is 4.90 Å². The fraction of sp³-hybridized carbons (Fsp3) is 0.164. The molecule has 0 aliphatic heterocycles. The van der Waals surface area contributed by atoms with E-state index >= 15 is 0 Å². The second kappa shape index (κ2) is 16.3. The maximum absolute atomic E-state index is 4.25. The zero-order valence-electron chi connectivity index (χ0n) is 32.2. The average molecular weight is 724 g/mol. The molecule has 1 nitrogen and oxygen atoms in total. The fourth-order valence-corrected chi connectivity index (χ4v) is 8.78. The van der Waals surface area contributed by atoms with E-state index in [-0.39, 0.29) is 0 Å². The maximum atomic E-state index is 4.25. The molecular weight excluding hydrogens is 675 g/mol. The summed E-state index contributed by atoms with van der Waals surface area (Å²) in [6.45, 7) is 4.25. The van der Waals surface area contributed by atoms with Gasteiger partial charge in [0.1, 0.15) is 0 Å². The monoisotopic (exact) mass is 723 g/mol. The van der Waals surface area contributed by atoms with Crippen molar-refractivity contribution in [2.45, 2.75) is 51.4 Å². The van der Waals surface area contributed by atoms with Crippen molar-refractivity contribution in [3.8, 4) is 33.4 Å². The van der Waals surface area contributed by atoms with Crippen molar-refractivity contribution < 1.29 is 0 Å². The second-order valence-corrected chi connectivity index (χ2v) is 15.7. The molecule has 0 amide bonds. The number of aryl methyl sites for hydroxylation is 1. The van der Waals surface area contributed by atoms with Crippen LogP contribution in [0.4, 0.5) is 17.1 Å². The molecule has 0 bridgehead atoms. The lowest BCUT2D eigenvalue weighted by Crippen LogP contribution is -2.10. The minimum atomic E-state index is 0.806. The number of hydrogen-bond donors (Lipinski definition) is 0. The number of allylic oxidation sites excluding steroid dienone is 5. The molecule has 9 rings (SSSR count). The van der Waals surface area contributed by atoms with Gasteiger partial charge in [-0.25, -0.2) is 0 Å². The fourth-order valence-electron chi connectivity index (χ4n) is 8.78. The average Bonchev–Trinajstić information content (AvgIpc) is 3.27. The molecule has 7 aromatic rings. The van der Waals surface area contributed by atoms with Crippen LogP contribution in [0.15, 0.2) is 194 Å². The van der Waals surface area contributed by atoms with Crippen LogP contribution in [0.3, 0.4) is 0 Å². The molecule has 0 aromatic heterocycles. The van der Waals surface area contributed by atoms with Crippen molar-refractivity contribution in [3.05, 3.63) is 205 Å². The van der Waals surface area contributed by atoms with E-state index in [4.69, 9.17) is 0 Å². The van der Waals surface area contributed by atoms with Gasteiger partial charge in [0.2, 0.25) is 0 Å². The van der Waals surface area contributed by atoms with Crippen molar-refractivity contribution in [1.82, 2.24) is 0 Å². The first-order valence-electron chi connectivity index (χ1n) is 20.5. The minimum absolute atomic E-state index is 0.806. The molecule has 0 N–H and O–H groups in total. The van der Waals surface area contributed by atoms with E-state index in [2.05, 4.69) is 193 Å². The topological polar surface area (TPSA) is 3.24 Å². The number of fused-ring (bicyclic) bond motifs is 1. The zero-order valence-corrected chi connectivity index (χ0v) is 32.2. The minimum Gasteiger partial charge on any atom is -0.310 e. The van der Waals surface area contributed by atoms with E-state index in [9.17, 15) is 0 Å². The molecule has 56 heavy (non-hydrogen) atoms. The zero-order chi connectivity index (χ0) is 37.7. The number of hydrogen-bond acceptors (Lipinski definition) is 1. The van der Waals surface area contributed by atoms with Gasteiger partial charge < -0.3 is 4.90 Å². The van der Waals surface area contributed by atoms with Crippen LogP contribution in [0.25, 0.3) is 49.7 Å². The van der Waals surface area contributed by atoms with Gasteiger partial charge in [0.15, 0.2) is 0 Å². The molecule has 2 aliphatic rings. The highest BCUT2D eigenvalue weighted by Crippen LogP contribution is 2.40. The van der Waals surface area contributed by atoms with Gasteiger partial charge in [0, 0.05) is 17.1 Å². The molecule has 7 aromatic carbocycles. The first-order chi connectivity index (χ1) is 27.6. The van der Waals surface area contributed by atoms with Crippen molar-refractivity contribution in [2.24, 2.45) is 5.92 Å². The van der Waals surface area contributed by atoms with Gasteiger partial charge in [-0.2, -0.15) is 0 Å². The number of anilines is 3. The summed E-state index contributed by atoms with van der Waals surface area (Å²) in [6.07, 6.45) is 16.6. The van der Waals surface area contributed by atoms with E-state index in [1.165, 1.54) is 98.5 Å². The van der Waals surface area contributed by atoms with E-state index in [0.717, 1.165) is 42.2 Å². The molecule has 0 heterocycles. The Morgan fingerprint density at radius 2 is 1.18 bits per heavy atom. The third-order valence-corrected chi connectivity index (χ3v) is 11.8. The van der Waals surface area contributed by atoms with Crippen LogP contribution in [0.2, 0.25) is 0 Å². The normalized spacial score (nSPS) is 15.5. The summed E-state index contributed by atoms with van der Waals surface area (Å²) in [4.78, 5) is 2.40. The lowest BCUT2D eigenvalue weighted by atomic mass is 9.83. The highest BCUT2D eigenvalue weighted by Gasteiger charge is 2.17. The predicted octanol–water partition coefficient (Wildman–Crippen LogP) is 15.7. The Labute approximate surface area is 333 Å². The van der Waals surface area contributed by atoms with Gasteiger partial charge in [-0.05, 0) is 155 Å². The quantitative estimate of drug-likeness (QED) is 0.127. The Morgan fingerprint density at radius 3 is 1.88 bits per heavy atom. The molecule has 2 aliphatic carbocycles. The Morgan fingerprint density at radius 1 is 0.554 bits per heavy atom. The van der Waals surface area contributed by atoms with Crippen molar-refractivity contribution in [3.63, 3.8) is 0 Å². The van der Waals surface area contributed by atoms with Crippen molar-refractivity contribution >= 4 is 33.4 Å². The Bertz CT molecular complexity index is 2530. The third-order valence-electron chi connectivity index (χ3n) is 11.8. The summed E-state index contributed by atoms with van der Waals surface area (Å²) >= 11 is 0. The summed E-state index contributed by atoms with van der Waals surface area (Å²) in [7, 11) is 0. The van der Waals surface area contributed by atoms with Gasteiger partial charge in [-0.3, -0.25) is 0 Å². The highest BCUT2D eigenvalue weighted by molar-refractivity contribution is 5.97. The molecule has 1 unspecified atom stereocenters. The summed E-state index contributed by atoms with van der Waals surface area (Å²) in [5, 5.41) is 2.52. The number of rotatable bonds is 10. The lowest BCUT2D eigenvalue weighted by Gasteiger charge is -2.27. The standard InChI is InChI=1S/C55H49N/c1-40-11-7-12-42(37-40)24-23-41-25-27-44(28-26-41)45-29-31-46(32-30-45)47-33-35-51(36-34-47)56(52-19-8-17-49(38-52)43-13-3-2-4-14-43)53-20-9-18-50(39-53)55-22-10-16-48-15-5-6-21-54(48)55/h3,5-6,8-10,13-22,25-36,38-39,42H,1-2,4,7,11-12,23-24,37H2. The maximum Gasteiger partial charge on any atom is 0.0467 e. The molecule has 0 spiro atoms. The molecule has 274 valence electrons. The van der Waals surface area contributed by atoms with Crippen molar-refractivity contribution in [1.29, 1.82) is 0 Å². The van der Waals surface area contributed by atoms with E-state index in [0.29, 0.717) is 0 Å². The summed E-state index contributed by atoms with van der Waals surface area (Å²) < 4.78 is 0. The molecule has 1 saturated carbocycles. The largest absolute Gasteiger partial charge is 0.310 e. The predicted molar refractivity (Wildman–Crippen MR) is 241 cm³/mol. The molecule has 1 heteroatoms. The number of benzene rings is 7. The Hall–Kier alpha value is -6.18. The SMILES string of the molecule is C=C1CCCC(CCc2ccc(-c3ccc(-c4ccc(N(c5cccc(C6=CCCC=C6)c5)c5cccc(-c6cccc7ccccc67)c5)cc4)cc3)cc2)C1. The lowest BCUT2D eigenvalue weighted by molar-refractivity contribution is 0.394. The van der Waals surface area contributed by atoms with Crippen LogP contribution in [0.5, 0.6) is 0 Å². The van der Waals surface area contributed by atoms with Crippen LogP contribution in [0.1, 0.15) is 56.1 Å². The Kier molecular flexibility index (Phi) is 10.3. The second-order valence-electron chi connectivity index (χ2n) is 15.7. The van der Waals surface area contributed by atoms with Gasteiger partial charge >= 0.3 is 0 Å². The van der Waals surface area contributed by atoms with Crippen LogP contribution in [0, 0.1) is 5.92 Å². The highest BCUT2D eigenvalue weighted by atomic mass is 15.1. The van der Waals surface area contributed by atoms with Gasteiger partial charge in [-0.15, -0.1) is 0 Å². The van der Waals surface area contributed by atoms with E-state index in [1.807, 2.05) is 0 Å². The molecule has 1 fully saturated rings. The van der Waals surface area contributed by atoms with Gasteiger partial charge in [-0.1, -0.05) is 158 Å². The van der Waals surface area contributed by atoms with Crippen LogP contribution in [-0.4, -0.2) is 0 Å². The summed E-state index contributed by atoms with van der Waals surface area (Å²) in [5.41, 5.74) is 16.2. The molecular formula is C55H49N. The summed E-state index contributed by atoms with van der Waals surface area (Å²) in [6, 6.07) is 60.5. The molecule has 0 radical (unpaired) electrons. The third kappa shape index (κ3) is 7.81. The van der Waals surface area contributed by atoms with E-state index in [1.54, 1.807) is 0 Å². The Balaban J connectivity index is 0.989.